The van der Waals surface area contributed by atoms with E-state index in [0.717, 1.165) is 47.2 Å². The van der Waals surface area contributed by atoms with Crippen LogP contribution in [0.25, 0.3) is 10.2 Å². The molecule has 146 valence electrons. The molecule has 7 nitrogen and oxygen atoms in total. The number of anilines is 2. The Morgan fingerprint density at radius 1 is 1.21 bits per heavy atom. The fourth-order valence-corrected chi connectivity index (χ4v) is 4.40. The third kappa shape index (κ3) is 3.91. The van der Waals surface area contributed by atoms with Gasteiger partial charge in [0.05, 0.1) is 11.9 Å². The van der Waals surface area contributed by atoms with Crippen molar-refractivity contribution in [2.75, 3.05) is 42.9 Å². The lowest BCUT2D eigenvalue weighted by Crippen LogP contribution is -2.50. The Labute approximate surface area is 168 Å². The van der Waals surface area contributed by atoms with Crippen molar-refractivity contribution in [3.05, 3.63) is 41.2 Å². The van der Waals surface area contributed by atoms with Gasteiger partial charge in [-0.15, -0.1) is 11.3 Å². The average molecular weight is 397 g/mol. The van der Waals surface area contributed by atoms with E-state index in [0.29, 0.717) is 13.1 Å². The first-order valence-corrected chi connectivity index (χ1v) is 10.4. The minimum Gasteiger partial charge on any atom is -0.360 e. The number of carbonyl (C=O) groups is 1. The molecule has 0 saturated carbocycles. The van der Waals surface area contributed by atoms with Crippen molar-refractivity contribution in [1.29, 1.82) is 0 Å². The Hall–Kier alpha value is -2.74. The molecule has 0 unspecified atom stereocenters. The van der Waals surface area contributed by atoms with Gasteiger partial charge < -0.3 is 15.1 Å². The Morgan fingerprint density at radius 3 is 2.75 bits per heavy atom. The summed E-state index contributed by atoms with van der Waals surface area (Å²) < 4.78 is 0. The van der Waals surface area contributed by atoms with Gasteiger partial charge in [-0.2, -0.15) is 0 Å². The molecule has 1 amide bonds. The number of fused-ring (bicyclic) bond motifs is 1. The molecule has 4 heterocycles. The van der Waals surface area contributed by atoms with E-state index in [-0.39, 0.29) is 12.5 Å². The van der Waals surface area contributed by atoms with Crippen LogP contribution >= 0.6 is 11.3 Å². The molecule has 1 saturated heterocycles. The summed E-state index contributed by atoms with van der Waals surface area (Å²) in [4.78, 5) is 32.5. The molecule has 0 spiro atoms. The molecular formula is C20H24N6OS. The van der Waals surface area contributed by atoms with Crippen LogP contribution in [-0.2, 0) is 11.2 Å². The number of carbonyl (C=O) groups excluding carboxylic acids is 1. The van der Waals surface area contributed by atoms with E-state index >= 15 is 0 Å². The van der Waals surface area contributed by atoms with E-state index in [1.165, 1.54) is 4.88 Å². The predicted octanol–water partition coefficient (Wildman–Crippen LogP) is 2.72. The second kappa shape index (κ2) is 8.10. The molecule has 1 aliphatic rings. The second-order valence-electron chi connectivity index (χ2n) is 6.81. The van der Waals surface area contributed by atoms with Crippen molar-refractivity contribution in [2.24, 2.45) is 0 Å². The number of hydrogen-bond donors (Lipinski definition) is 1. The zero-order valence-electron chi connectivity index (χ0n) is 16.2. The summed E-state index contributed by atoms with van der Waals surface area (Å²) in [6.07, 6.45) is 2.77. The Morgan fingerprint density at radius 2 is 2.04 bits per heavy atom. The van der Waals surface area contributed by atoms with Gasteiger partial charge in [-0.1, -0.05) is 13.0 Å². The molecule has 0 radical (unpaired) electrons. The standard InChI is InChI=1S/C20H24N6OS/c1-3-15-12-16-19(23-14(2)24-20(16)28-15)22-13-18(27)26-10-8-25(9-11-26)17-6-4-5-7-21-17/h4-7,12H,3,8-11,13H2,1-2H3,(H,22,23,24). The number of pyridine rings is 1. The van der Waals surface area contributed by atoms with Gasteiger partial charge in [0.2, 0.25) is 5.91 Å². The Bertz CT molecular complexity index is 965. The van der Waals surface area contributed by atoms with Crippen LogP contribution in [-0.4, -0.2) is 58.5 Å². The van der Waals surface area contributed by atoms with Crippen molar-refractivity contribution >= 4 is 39.1 Å². The average Bonchev–Trinajstić information content (AvgIpc) is 3.15. The largest absolute Gasteiger partial charge is 0.360 e. The van der Waals surface area contributed by atoms with Crippen molar-refractivity contribution in [3.63, 3.8) is 0 Å². The predicted molar refractivity (Wildman–Crippen MR) is 113 cm³/mol. The molecule has 4 rings (SSSR count). The third-order valence-electron chi connectivity index (χ3n) is 4.92. The zero-order chi connectivity index (χ0) is 19.5. The molecule has 0 bridgehead atoms. The van der Waals surface area contributed by atoms with Gasteiger partial charge in [-0.05, 0) is 31.5 Å². The number of aryl methyl sites for hydroxylation is 2. The van der Waals surface area contributed by atoms with Crippen LogP contribution in [0.5, 0.6) is 0 Å². The monoisotopic (exact) mass is 396 g/mol. The number of piperazine rings is 1. The normalized spacial score (nSPS) is 14.5. The third-order valence-corrected chi connectivity index (χ3v) is 6.09. The molecule has 1 N–H and O–H groups in total. The number of nitrogens with zero attached hydrogens (tertiary/aromatic N) is 5. The van der Waals surface area contributed by atoms with Crippen LogP contribution in [0.15, 0.2) is 30.5 Å². The second-order valence-corrected chi connectivity index (χ2v) is 7.93. The van der Waals surface area contributed by atoms with Crippen LogP contribution in [0, 0.1) is 6.92 Å². The van der Waals surface area contributed by atoms with Gasteiger partial charge in [0.15, 0.2) is 0 Å². The summed E-state index contributed by atoms with van der Waals surface area (Å²) in [7, 11) is 0. The zero-order valence-corrected chi connectivity index (χ0v) is 17.0. The molecular weight excluding hydrogens is 372 g/mol. The molecule has 1 aliphatic heterocycles. The maximum atomic E-state index is 12.7. The van der Waals surface area contributed by atoms with E-state index in [9.17, 15) is 4.79 Å². The number of amides is 1. The Kier molecular flexibility index (Phi) is 5.38. The van der Waals surface area contributed by atoms with Crippen molar-refractivity contribution in [3.8, 4) is 0 Å². The van der Waals surface area contributed by atoms with Gasteiger partial charge in [0.25, 0.3) is 0 Å². The summed E-state index contributed by atoms with van der Waals surface area (Å²) in [6.45, 7) is 7.25. The van der Waals surface area contributed by atoms with E-state index in [2.05, 4.69) is 38.2 Å². The lowest BCUT2D eigenvalue weighted by molar-refractivity contribution is -0.129. The van der Waals surface area contributed by atoms with Crippen LogP contribution in [0.3, 0.4) is 0 Å². The van der Waals surface area contributed by atoms with E-state index < -0.39 is 0 Å². The fourth-order valence-electron chi connectivity index (χ4n) is 3.38. The number of rotatable bonds is 5. The molecule has 0 aromatic carbocycles. The molecule has 1 fully saturated rings. The Balaban J connectivity index is 1.37. The van der Waals surface area contributed by atoms with E-state index in [4.69, 9.17) is 0 Å². The molecule has 3 aromatic heterocycles. The minimum atomic E-state index is 0.0935. The van der Waals surface area contributed by atoms with Crippen molar-refractivity contribution < 1.29 is 4.79 Å². The number of aromatic nitrogens is 3. The fraction of sp³-hybridized carbons (Fsp3) is 0.400. The van der Waals surface area contributed by atoms with Crippen LogP contribution in [0.4, 0.5) is 11.6 Å². The molecule has 0 atom stereocenters. The van der Waals surface area contributed by atoms with Crippen molar-refractivity contribution in [1.82, 2.24) is 19.9 Å². The highest BCUT2D eigenvalue weighted by Gasteiger charge is 2.22. The number of hydrogen-bond acceptors (Lipinski definition) is 7. The van der Waals surface area contributed by atoms with Crippen molar-refractivity contribution in [2.45, 2.75) is 20.3 Å². The summed E-state index contributed by atoms with van der Waals surface area (Å²) in [5.41, 5.74) is 0. The van der Waals surface area contributed by atoms with Gasteiger partial charge in [-0.25, -0.2) is 15.0 Å². The van der Waals surface area contributed by atoms with Gasteiger partial charge in [0, 0.05) is 37.3 Å². The number of thiophene rings is 1. The van der Waals surface area contributed by atoms with E-state index in [1.807, 2.05) is 30.0 Å². The number of nitrogens with one attached hydrogen (secondary N) is 1. The molecule has 3 aromatic rings. The maximum absolute atomic E-state index is 12.7. The first-order chi connectivity index (χ1) is 13.6. The topological polar surface area (TPSA) is 74.2 Å². The summed E-state index contributed by atoms with van der Waals surface area (Å²) in [6, 6.07) is 8.03. The minimum absolute atomic E-state index is 0.0935. The van der Waals surface area contributed by atoms with Crippen LogP contribution in [0.1, 0.15) is 17.6 Å². The highest BCUT2D eigenvalue weighted by Crippen LogP contribution is 2.29. The summed E-state index contributed by atoms with van der Waals surface area (Å²) >= 11 is 1.69. The van der Waals surface area contributed by atoms with Crippen LogP contribution < -0.4 is 10.2 Å². The molecule has 8 heteroatoms. The molecule has 28 heavy (non-hydrogen) atoms. The highest BCUT2D eigenvalue weighted by atomic mass is 32.1. The lowest BCUT2D eigenvalue weighted by atomic mass is 10.3. The maximum Gasteiger partial charge on any atom is 0.242 e. The summed E-state index contributed by atoms with van der Waals surface area (Å²) in [5, 5.41) is 4.24. The van der Waals surface area contributed by atoms with E-state index in [1.54, 1.807) is 17.5 Å². The first-order valence-electron chi connectivity index (χ1n) is 9.58. The van der Waals surface area contributed by atoms with Gasteiger partial charge in [-0.3, -0.25) is 4.79 Å². The van der Waals surface area contributed by atoms with Crippen LogP contribution in [0.2, 0.25) is 0 Å². The van der Waals surface area contributed by atoms with Gasteiger partial charge in [0.1, 0.15) is 22.3 Å². The first kappa shape index (κ1) is 18.6. The highest BCUT2D eigenvalue weighted by molar-refractivity contribution is 7.18. The SMILES string of the molecule is CCc1cc2c(NCC(=O)N3CCN(c4ccccn4)CC3)nc(C)nc2s1. The lowest BCUT2D eigenvalue weighted by Gasteiger charge is -2.35. The van der Waals surface area contributed by atoms with Gasteiger partial charge >= 0.3 is 0 Å². The quantitative estimate of drug-likeness (QED) is 0.715. The molecule has 0 aliphatic carbocycles. The smallest absolute Gasteiger partial charge is 0.242 e. The summed E-state index contributed by atoms with van der Waals surface area (Å²) in [5.74, 6) is 2.53.